The predicted molar refractivity (Wildman–Crippen MR) is 104 cm³/mol. The number of nitro benzene ring substituents is 1. The molecule has 0 aliphatic carbocycles. The van der Waals surface area contributed by atoms with Gasteiger partial charge in [0.1, 0.15) is 5.75 Å². The average Bonchev–Trinajstić information content (AvgIpc) is 2.92. The number of hydrogen-bond acceptors (Lipinski definition) is 6. The molecule has 0 bridgehead atoms. The Morgan fingerprint density at radius 2 is 1.67 bits per heavy atom. The lowest BCUT2D eigenvalue weighted by atomic mass is 10.1. The van der Waals surface area contributed by atoms with Gasteiger partial charge < -0.3 is 4.74 Å². The van der Waals surface area contributed by atoms with Crippen LogP contribution in [0.4, 0.5) is 11.4 Å². The monoisotopic (exact) mass is 384 g/mol. The topological polar surface area (TPSA) is 89.8 Å². The van der Waals surface area contributed by atoms with Crippen LogP contribution in [-0.4, -0.2) is 29.6 Å². The molecular formula is C19H16N2O5S. The molecule has 0 saturated carbocycles. The third-order valence-corrected chi connectivity index (χ3v) is 4.98. The number of nitrogens with zero attached hydrogens (tertiary/aromatic N) is 2. The summed E-state index contributed by atoms with van der Waals surface area (Å²) >= 11 is 1.28. The van der Waals surface area contributed by atoms with E-state index in [4.69, 9.17) is 4.74 Å². The Hall–Kier alpha value is -3.13. The molecule has 1 aliphatic heterocycles. The Balaban J connectivity index is 2.03. The van der Waals surface area contributed by atoms with Crippen LogP contribution in [0.1, 0.15) is 12.5 Å². The molecule has 7 nitrogen and oxygen atoms in total. The van der Waals surface area contributed by atoms with E-state index in [0.29, 0.717) is 27.7 Å². The molecule has 0 radical (unpaired) electrons. The van der Waals surface area contributed by atoms with Gasteiger partial charge in [0.2, 0.25) is 0 Å². The molecule has 1 heterocycles. The molecule has 0 fully saturated rings. The highest BCUT2D eigenvalue weighted by atomic mass is 32.2. The van der Waals surface area contributed by atoms with Gasteiger partial charge in [-0.25, -0.2) is 4.90 Å². The van der Waals surface area contributed by atoms with Crippen molar-refractivity contribution in [3.63, 3.8) is 0 Å². The maximum Gasteiger partial charge on any atom is 0.272 e. The van der Waals surface area contributed by atoms with Crippen LogP contribution in [0.2, 0.25) is 0 Å². The van der Waals surface area contributed by atoms with Crippen LogP contribution in [0.25, 0.3) is 5.57 Å². The number of carbonyl (C=O) groups excluding carboxylic acids is 2. The van der Waals surface area contributed by atoms with Crippen molar-refractivity contribution in [3.8, 4) is 5.75 Å². The first-order valence-corrected chi connectivity index (χ1v) is 9.11. The van der Waals surface area contributed by atoms with Gasteiger partial charge in [-0.05, 0) is 47.7 Å². The average molecular weight is 384 g/mol. The SMILES string of the molecule is CCSC1=C(c2ccc([N+](=O)[O-])cc2)C(=O)N(c2ccc(OC)cc2)C1=O. The zero-order chi connectivity index (χ0) is 19.6. The van der Waals surface area contributed by atoms with Crippen molar-refractivity contribution in [1.82, 2.24) is 0 Å². The number of nitro groups is 1. The minimum atomic E-state index is -0.509. The fourth-order valence-corrected chi connectivity index (χ4v) is 3.61. The van der Waals surface area contributed by atoms with Gasteiger partial charge in [0.15, 0.2) is 0 Å². The van der Waals surface area contributed by atoms with Gasteiger partial charge in [-0.1, -0.05) is 6.92 Å². The van der Waals surface area contributed by atoms with E-state index in [9.17, 15) is 19.7 Å². The highest BCUT2D eigenvalue weighted by molar-refractivity contribution is 8.04. The molecule has 0 N–H and O–H groups in total. The minimum absolute atomic E-state index is 0.0761. The fraction of sp³-hybridized carbons (Fsp3) is 0.158. The third-order valence-electron chi connectivity index (χ3n) is 4.03. The third kappa shape index (κ3) is 3.43. The molecule has 2 amide bonds. The van der Waals surface area contributed by atoms with Gasteiger partial charge in [0, 0.05) is 12.1 Å². The summed E-state index contributed by atoms with van der Waals surface area (Å²) in [7, 11) is 1.53. The van der Waals surface area contributed by atoms with Crippen molar-refractivity contribution in [3.05, 3.63) is 69.1 Å². The molecule has 2 aromatic carbocycles. The molecule has 138 valence electrons. The molecule has 3 rings (SSSR count). The number of methoxy groups -OCH3 is 1. The predicted octanol–water partition coefficient (Wildman–Crippen LogP) is 3.64. The van der Waals surface area contributed by atoms with Gasteiger partial charge >= 0.3 is 0 Å². The van der Waals surface area contributed by atoms with E-state index in [1.807, 2.05) is 6.92 Å². The minimum Gasteiger partial charge on any atom is -0.497 e. The van der Waals surface area contributed by atoms with E-state index in [2.05, 4.69) is 0 Å². The van der Waals surface area contributed by atoms with Crippen LogP contribution < -0.4 is 9.64 Å². The summed E-state index contributed by atoms with van der Waals surface area (Å²) in [6.45, 7) is 1.89. The lowest BCUT2D eigenvalue weighted by Crippen LogP contribution is -2.31. The van der Waals surface area contributed by atoms with Gasteiger partial charge in [-0.3, -0.25) is 19.7 Å². The summed E-state index contributed by atoms with van der Waals surface area (Å²) in [6, 6.07) is 12.3. The summed E-state index contributed by atoms with van der Waals surface area (Å²) in [5.74, 6) is 0.381. The van der Waals surface area contributed by atoms with Crippen LogP contribution in [0.15, 0.2) is 53.4 Å². The number of benzene rings is 2. The molecule has 27 heavy (non-hydrogen) atoms. The summed E-state index contributed by atoms with van der Waals surface area (Å²) in [5.41, 5.74) is 1.10. The molecule has 0 saturated heterocycles. The van der Waals surface area contributed by atoms with Crippen LogP contribution in [0, 0.1) is 10.1 Å². The quantitative estimate of drug-likeness (QED) is 0.429. The second-order valence-corrected chi connectivity index (χ2v) is 6.86. The van der Waals surface area contributed by atoms with Crippen LogP contribution in [0.3, 0.4) is 0 Å². The Kier molecular flexibility index (Phi) is 5.27. The molecule has 0 atom stereocenters. The number of amides is 2. The summed E-state index contributed by atoms with van der Waals surface area (Å²) < 4.78 is 5.11. The number of thioether (sulfide) groups is 1. The Morgan fingerprint density at radius 1 is 1.04 bits per heavy atom. The fourth-order valence-electron chi connectivity index (χ4n) is 2.76. The van der Waals surface area contributed by atoms with E-state index in [1.54, 1.807) is 24.3 Å². The number of carbonyl (C=O) groups is 2. The number of rotatable bonds is 6. The van der Waals surface area contributed by atoms with E-state index in [1.165, 1.54) is 43.1 Å². The smallest absolute Gasteiger partial charge is 0.272 e. The lowest BCUT2D eigenvalue weighted by molar-refractivity contribution is -0.384. The first-order chi connectivity index (χ1) is 13.0. The molecular weight excluding hydrogens is 368 g/mol. The van der Waals surface area contributed by atoms with Crippen molar-refractivity contribution in [1.29, 1.82) is 0 Å². The molecule has 0 unspecified atom stereocenters. The number of imide groups is 1. The second-order valence-electron chi connectivity index (χ2n) is 5.58. The van der Waals surface area contributed by atoms with E-state index >= 15 is 0 Å². The van der Waals surface area contributed by atoms with Crippen molar-refractivity contribution < 1.29 is 19.2 Å². The van der Waals surface area contributed by atoms with Gasteiger partial charge in [-0.2, -0.15) is 0 Å². The molecule has 8 heteroatoms. The molecule has 2 aromatic rings. The van der Waals surface area contributed by atoms with Crippen molar-refractivity contribution >= 4 is 40.5 Å². The standard InChI is InChI=1S/C19H16N2O5S/c1-3-27-17-16(12-4-6-14(7-5-12)21(24)25)18(22)20(19(17)23)13-8-10-15(26-2)11-9-13/h4-11H,3H2,1-2H3. The van der Waals surface area contributed by atoms with E-state index in [-0.39, 0.29) is 11.3 Å². The lowest BCUT2D eigenvalue weighted by Gasteiger charge is -2.15. The normalized spacial score (nSPS) is 14.1. The molecule has 0 aromatic heterocycles. The van der Waals surface area contributed by atoms with E-state index < -0.39 is 16.7 Å². The van der Waals surface area contributed by atoms with Crippen LogP contribution >= 0.6 is 11.8 Å². The maximum atomic E-state index is 13.0. The zero-order valence-electron chi connectivity index (χ0n) is 14.7. The number of anilines is 1. The number of hydrogen-bond donors (Lipinski definition) is 0. The van der Waals surface area contributed by atoms with Crippen molar-refractivity contribution in [2.24, 2.45) is 0 Å². The number of ether oxygens (including phenoxy) is 1. The Bertz CT molecular complexity index is 936. The summed E-state index contributed by atoms with van der Waals surface area (Å²) in [6.07, 6.45) is 0. The molecule has 0 spiro atoms. The Labute approximate surface area is 159 Å². The summed E-state index contributed by atoms with van der Waals surface area (Å²) in [4.78, 5) is 37.8. The van der Waals surface area contributed by atoms with Crippen molar-refractivity contribution in [2.45, 2.75) is 6.92 Å². The second kappa shape index (κ2) is 7.63. The van der Waals surface area contributed by atoms with Gasteiger partial charge in [-0.15, -0.1) is 11.8 Å². The highest BCUT2D eigenvalue weighted by Crippen LogP contribution is 2.38. The van der Waals surface area contributed by atoms with E-state index in [0.717, 1.165) is 4.90 Å². The first-order valence-electron chi connectivity index (χ1n) is 8.12. The highest BCUT2D eigenvalue weighted by Gasteiger charge is 2.40. The van der Waals surface area contributed by atoms with Gasteiger partial charge in [0.25, 0.3) is 17.5 Å². The first kappa shape index (κ1) is 18.7. The number of non-ortho nitro benzene ring substituents is 1. The zero-order valence-corrected chi connectivity index (χ0v) is 15.5. The van der Waals surface area contributed by atoms with Crippen molar-refractivity contribution in [2.75, 3.05) is 17.8 Å². The maximum absolute atomic E-state index is 13.0. The summed E-state index contributed by atoms with van der Waals surface area (Å²) in [5, 5.41) is 10.9. The Morgan fingerprint density at radius 3 is 2.19 bits per heavy atom. The van der Waals surface area contributed by atoms with Crippen LogP contribution in [0.5, 0.6) is 5.75 Å². The van der Waals surface area contributed by atoms with Crippen LogP contribution in [-0.2, 0) is 9.59 Å². The molecule has 1 aliphatic rings. The van der Waals surface area contributed by atoms with Gasteiger partial charge in [0.05, 0.1) is 28.2 Å². The largest absolute Gasteiger partial charge is 0.497 e.